The van der Waals surface area contributed by atoms with Crippen molar-refractivity contribution in [1.29, 1.82) is 0 Å². The Morgan fingerprint density at radius 3 is 0.724 bits per heavy atom. The lowest BCUT2D eigenvalue weighted by atomic mass is 10.0. The summed E-state index contributed by atoms with van der Waals surface area (Å²) in [4.78, 5) is 0. The number of hydrogen-bond donors (Lipinski definition) is 0. The molecule has 0 saturated carbocycles. The normalized spacial score (nSPS) is 16.3. The molecule has 1 nitrogen and oxygen atoms in total. The van der Waals surface area contributed by atoms with E-state index in [1.165, 1.54) is 0 Å². The molecule has 0 radical (unpaired) electrons. The van der Waals surface area contributed by atoms with E-state index in [4.69, 9.17) is 0 Å². The van der Waals surface area contributed by atoms with Gasteiger partial charge in [-0.2, -0.15) is 79.0 Å². The maximum atomic E-state index is 12.9. The number of rotatable bonds is 8. The highest BCUT2D eigenvalue weighted by Gasteiger charge is 2.83. The average molecular weight is 482 g/mol. The van der Waals surface area contributed by atoms with E-state index in [9.17, 15) is 79.0 Å². The Kier molecular flexibility index (Phi) is 6.82. The molecular formula is C10H4F18O. The smallest absolute Gasteiger partial charge is 0.368 e. The van der Waals surface area contributed by atoms with Gasteiger partial charge in [0.1, 0.15) is 13.2 Å². The van der Waals surface area contributed by atoms with E-state index in [0.29, 0.717) is 0 Å². The van der Waals surface area contributed by atoms with Crippen molar-refractivity contribution >= 4 is 0 Å². The van der Waals surface area contributed by atoms with Crippen molar-refractivity contribution in [3.63, 3.8) is 0 Å². The lowest BCUT2D eigenvalue weighted by Crippen LogP contribution is -2.63. The van der Waals surface area contributed by atoms with Crippen LogP contribution < -0.4 is 0 Å². The summed E-state index contributed by atoms with van der Waals surface area (Å²) in [5, 5.41) is 0. The van der Waals surface area contributed by atoms with Crippen molar-refractivity contribution in [2.24, 2.45) is 0 Å². The summed E-state index contributed by atoms with van der Waals surface area (Å²) in [5.74, 6) is -43.3. The molecule has 176 valence electrons. The minimum atomic E-state index is -7.51. The minimum absolute atomic E-state index is 2.69. The SMILES string of the molecule is FC(F)(F)C(F)(F)C(F)(F)C(F)(F)COCC(F)(F)C(F)(F)C(F)(F)C(F)(F)F. The van der Waals surface area contributed by atoms with Crippen LogP contribution in [0.1, 0.15) is 0 Å². The average Bonchev–Trinajstić information content (AvgIpc) is 2.43. The van der Waals surface area contributed by atoms with Gasteiger partial charge in [0.25, 0.3) is 0 Å². The first-order chi connectivity index (χ1) is 12.2. The fourth-order valence-corrected chi connectivity index (χ4v) is 1.30. The molecule has 19 heteroatoms. The maximum absolute atomic E-state index is 12.9. The summed E-state index contributed by atoms with van der Waals surface area (Å²) < 4.78 is 226. The largest absolute Gasteiger partial charge is 0.460 e. The molecule has 0 bridgehead atoms. The first-order valence-electron chi connectivity index (χ1n) is 6.19. The standard InChI is InChI=1S/C10H4F18O/c11-3(12,5(15,16)7(19,20)9(23,24)25)1-29-2-4(13,14)6(17,18)8(21,22)10(26,27)28/h1-2H2. The molecule has 0 saturated heterocycles. The Bertz CT molecular complexity index is 518. The molecule has 0 fully saturated rings. The molecule has 0 aliphatic carbocycles. The zero-order valence-electron chi connectivity index (χ0n) is 12.6. The first-order valence-corrected chi connectivity index (χ1v) is 6.19. The van der Waals surface area contributed by atoms with Crippen molar-refractivity contribution < 1.29 is 83.8 Å². The Hall–Kier alpha value is -1.30. The lowest BCUT2D eigenvalue weighted by Gasteiger charge is -2.35. The van der Waals surface area contributed by atoms with Gasteiger partial charge in [0.05, 0.1) is 0 Å². The van der Waals surface area contributed by atoms with Gasteiger partial charge in [-0.05, 0) is 0 Å². The van der Waals surface area contributed by atoms with Crippen LogP contribution in [0.25, 0.3) is 0 Å². The summed E-state index contributed by atoms with van der Waals surface area (Å²) in [5.41, 5.74) is 0. The van der Waals surface area contributed by atoms with Crippen LogP contribution in [0.4, 0.5) is 79.0 Å². The predicted molar refractivity (Wildman–Crippen MR) is 52.6 cm³/mol. The Labute approximate surface area is 146 Å². The van der Waals surface area contributed by atoms with Gasteiger partial charge < -0.3 is 4.74 Å². The van der Waals surface area contributed by atoms with E-state index in [2.05, 4.69) is 4.74 Å². The zero-order chi connectivity index (χ0) is 24.1. The van der Waals surface area contributed by atoms with Crippen LogP contribution in [0.5, 0.6) is 0 Å². The number of hydrogen-bond acceptors (Lipinski definition) is 1. The molecule has 0 aromatic rings. The van der Waals surface area contributed by atoms with E-state index >= 15 is 0 Å². The van der Waals surface area contributed by atoms with Crippen LogP contribution in [-0.2, 0) is 4.74 Å². The molecule has 0 atom stereocenters. The third-order valence-electron chi connectivity index (χ3n) is 2.99. The highest BCUT2D eigenvalue weighted by molar-refractivity contribution is 5.02. The lowest BCUT2D eigenvalue weighted by molar-refractivity contribution is -0.408. The van der Waals surface area contributed by atoms with Gasteiger partial charge >= 0.3 is 47.9 Å². The fourth-order valence-electron chi connectivity index (χ4n) is 1.30. The summed E-state index contributed by atoms with van der Waals surface area (Å²) in [6.45, 7) is -7.23. The van der Waals surface area contributed by atoms with Crippen molar-refractivity contribution in [2.75, 3.05) is 13.2 Å². The van der Waals surface area contributed by atoms with Gasteiger partial charge in [-0.15, -0.1) is 0 Å². The molecule has 0 rings (SSSR count). The molecule has 0 aromatic heterocycles. The van der Waals surface area contributed by atoms with Crippen LogP contribution in [0.2, 0.25) is 0 Å². The predicted octanol–water partition coefficient (Wildman–Crippen LogP) is 5.94. The van der Waals surface area contributed by atoms with Crippen molar-refractivity contribution in [2.45, 2.75) is 47.9 Å². The third-order valence-corrected chi connectivity index (χ3v) is 2.99. The Morgan fingerprint density at radius 2 is 0.552 bits per heavy atom. The Morgan fingerprint density at radius 1 is 0.345 bits per heavy atom. The van der Waals surface area contributed by atoms with E-state index < -0.39 is 61.1 Å². The number of ether oxygens (including phenoxy) is 1. The number of halogens is 18. The van der Waals surface area contributed by atoms with E-state index in [0.717, 1.165) is 0 Å². The molecule has 0 heterocycles. The second-order valence-corrected chi connectivity index (χ2v) is 5.19. The van der Waals surface area contributed by atoms with E-state index in [1.54, 1.807) is 0 Å². The van der Waals surface area contributed by atoms with Crippen LogP contribution in [0.15, 0.2) is 0 Å². The highest BCUT2D eigenvalue weighted by atomic mass is 19.4. The zero-order valence-corrected chi connectivity index (χ0v) is 12.6. The molecule has 0 aromatic carbocycles. The third kappa shape index (κ3) is 4.42. The second-order valence-electron chi connectivity index (χ2n) is 5.19. The van der Waals surface area contributed by atoms with Crippen LogP contribution in [-0.4, -0.2) is 61.1 Å². The molecule has 0 amide bonds. The van der Waals surface area contributed by atoms with E-state index in [1.807, 2.05) is 0 Å². The van der Waals surface area contributed by atoms with Gasteiger partial charge in [-0.1, -0.05) is 0 Å². The number of alkyl halides is 18. The van der Waals surface area contributed by atoms with Gasteiger partial charge in [0.15, 0.2) is 0 Å². The molecular weight excluding hydrogens is 478 g/mol. The topological polar surface area (TPSA) is 9.23 Å². The van der Waals surface area contributed by atoms with Crippen molar-refractivity contribution in [3.05, 3.63) is 0 Å². The highest BCUT2D eigenvalue weighted by Crippen LogP contribution is 2.55. The van der Waals surface area contributed by atoms with Crippen LogP contribution in [0, 0.1) is 0 Å². The molecule has 29 heavy (non-hydrogen) atoms. The summed E-state index contributed by atoms with van der Waals surface area (Å²) in [6.07, 6.45) is -14.7. The van der Waals surface area contributed by atoms with Crippen LogP contribution >= 0.6 is 0 Å². The van der Waals surface area contributed by atoms with Gasteiger partial charge in [-0.25, -0.2) is 0 Å². The molecule has 0 unspecified atom stereocenters. The molecule has 0 N–H and O–H groups in total. The fraction of sp³-hybridized carbons (Fsp3) is 1.00. The van der Waals surface area contributed by atoms with Gasteiger partial charge in [-0.3, -0.25) is 0 Å². The Balaban J connectivity index is 5.55. The summed E-state index contributed by atoms with van der Waals surface area (Å²) >= 11 is 0. The summed E-state index contributed by atoms with van der Waals surface area (Å²) in [6, 6.07) is 0. The van der Waals surface area contributed by atoms with Crippen molar-refractivity contribution in [1.82, 2.24) is 0 Å². The van der Waals surface area contributed by atoms with Gasteiger partial charge in [0.2, 0.25) is 0 Å². The van der Waals surface area contributed by atoms with Crippen LogP contribution in [0.3, 0.4) is 0 Å². The molecule has 0 spiro atoms. The summed E-state index contributed by atoms with van der Waals surface area (Å²) in [7, 11) is 0. The monoisotopic (exact) mass is 482 g/mol. The molecule has 0 aliphatic rings. The quantitative estimate of drug-likeness (QED) is 0.390. The second kappa shape index (κ2) is 7.14. The van der Waals surface area contributed by atoms with Crippen molar-refractivity contribution in [3.8, 4) is 0 Å². The first kappa shape index (κ1) is 27.7. The van der Waals surface area contributed by atoms with Gasteiger partial charge in [0, 0.05) is 0 Å². The van der Waals surface area contributed by atoms with E-state index in [-0.39, 0.29) is 0 Å². The maximum Gasteiger partial charge on any atom is 0.460 e. The minimum Gasteiger partial charge on any atom is -0.368 e. The molecule has 0 aliphatic heterocycles.